The minimum Gasteiger partial charge on any atom is -0.455 e. The van der Waals surface area contributed by atoms with Crippen LogP contribution in [0.4, 0.5) is 5.69 Å². The molecule has 3 rings (SSSR count). The van der Waals surface area contributed by atoms with Gasteiger partial charge in [0, 0.05) is 24.8 Å². The molecule has 0 radical (unpaired) electrons. The maximum atomic E-state index is 13.4. The van der Waals surface area contributed by atoms with Crippen molar-refractivity contribution < 1.29 is 23.9 Å². The van der Waals surface area contributed by atoms with E-state index in [4.69, 9.17) is 4.74 Å². The molecule has 2 aliphatic heterocycles. The molecule has 0 bridgehead atoms. The van der Waals surface area contributed by atoms with Crippen molar-refractivity contribution in [2.24, 2.45) is 11.3 Å². The average Bonchev–Trinajstić information content (AvgIpc) is 3.00. The maximum Gasteiger partial charge on any atom is 0.354 e. The molecule has 0 saturated carbocycles. The summed E-state index contributed by atoms with van der Waals surface area (Å²) < 4.78 is 5.42. The second-order valence-corrected chi connectivity index (χ2v) is 9.12. The Balaban J connectivity index is 2.06. The first kappa shape index (κ1) is 21.0. The number of Topliss-reactive ketones (excluding diaryl/α,β-unsaturated/α-hetero) is 1. The van der Waals surface area contributed by atoms with E-state index in [1.807, 2.05) is 13.8 Å². The van der Waals surface area contributed by atoms with Crippen LogP contribution >= 0.6 is 0 Å². The third kappa shape index (κ3) is 3.43. The van der Waals surface area contributed by atoms with Gasteiger partial charge in [-0.1, -0.05) is 46.8 Å². The van der Waals surface area contributed by atoms with Gasteiger partial charge in [-0.05, 0) is 18.1 Å². The monoisotopic (exact) mass is 400 g/mol. The predicted molar refractivity (Wildman–Crippen MR) is 107 cm³/mol. The van der Waals surface area contributed by atoms with Crippen molar-refractivity contribution in [1.29, 1.82) is 0 Å². The van der Waals surface area contributed by atoms with Gasteiger partial charge in [0.15, 0.2) is 12.4 Å². The van der Waals surface area contributed by atoms with E-state index in [1.165, 1.54) is 9.80 Å². The molecule has 29 heavy (non-hydrogen) atoms. The number of hydrogen-bond acceptors (Lipinski definition) is 5. The molecule has 1 aromatic carbocycles. The van der Waals surface area contributed by atoms with Gasteiger partial charge in [0.25, 0.3) is 5.91 Å². The van der Waals surface area contributed by atoms with Crippen molar-refractivity contribution in [1.82, 2.24) is 4.90 Å². The smallest absolute Gasteiger partial charge is 0.354 e. The fraction of sp³-hybridized carbons (Fsp3) is 0.545. The highest BCUT2D eigenvalue weighted by molar-refractivity contribution is 6.15. The molecule has 0 unspecified atom stereocenters. The molecule has 0 aromatic heterocycles. The van der Waals surface area contributed by atoms with Crippen LogP contribution in [0.25, 0.3) is 0 Å². The lowest BCUT2D eigenvalue weighted by molar-refractivity contribution is -0.161. The Labute approximate surface area is 171 Å². The molecular formula is C22H28N2O5. The largest absolute Gasteiger partial charge is 0.455 e. The summed E-state index contributed by atoms with van der Waals surface area (Å²) in [5, 5.41) is 0. The molecule has 1 saturated heterocycles. The molecule has 2 amide bonds. The van der Waals surface area contributed by atoms with Gasteiger partial charge in [0.1, 0.15) is 0 Å². The summed E-state index contributed by atoms with van der Waals surface area (Å²) >= 11 is 0. The molecule has 2 heterocycles. The van der Waals surface area contributed by atoms with E-state index in [9.17, 15) is 19.2 Å². The van der Waals surface area contributed by atoms with E-state index in [-0.39, 0.29) is 36.4 Å². The van der Waals surface area contributed by atoms with E-state index in [1.54, 1.807) is 45.0 Å². The predicted octanol–water partition coefficient (Wildman–Crippen LogP) is 2.78. The first-order chi connectivity index (χ1) is 13.5. The van der Waals surface area contributed by atoms with Crippen LogP contribution < -0.4 is 4.90 Å². The van der Waals surface area contributed by atoms with Crippen molar-refractivity contribution in [3.63, 3.8) is 0 Å². The van der Waals surface area contributed by atoms with Gasteiger partial charge in [-0.15, -0.1) is 0 Å². The topological polar surface area (TPSA) is 84.0 Å². The molecule has 0 N–H and O–H groups in total. The average molecular weight is 400 g/mol. The lowest BCUT2D eigenvalue weighted by atomic mass is 9.91. The molecule has 156 valence electrons. The molecule has 2 aliphatic rings. The van der Waals surface area contributed by atoms with Gasteiger partial charge >= 0.3 is 5.97 Å². The van der Waals surface area contributed by atoms with E-state index >= 15 is 0 Å². The highest BCUT2D eigenvalue weighted by Gasteiger charge is 2.62. The lowest BCUT2D eigenvalue weighted by Gasteiger charge is -2.48. The Morgan fingerprint density at radius 3 is 2.45 bits per heavy atom. The second-order valence-electron chi connectivity index (χ2n) is 9.12. The standard InChI is InChI=1S/C22H28N2O5/c1-14(2)12-23-19(27)15-8-6-7-9-16(15)24-18(26)10-11-22(23,24)20(28)29-13-17(25)21(3,4)5/h6-9,14H,10-13H2,1-5H3/t22-/m1/s1. The zero-order valence-corrected chi connectivity index (χ0v) is 17.7. The maximum absolute atomic E-state index is 13.4. The van der Waals surface area contributed by atoms with Crippen molar-refractivity contribution in [2.75, 3.05) is 18.1 Å². The Morgan fingerprint density at radius 2 is 1.83 bits per heavy atom. The number of esters is 1. The number of ketones is 1. The van der Waals surface area contributed by atoms with Crippen molar-refractivity contribution in [3.05, 3.63) is 29.8 Å². The molecule has 1 atom stereocenters. The SMILES string of the molecule is CC(C)CN1C(=O)c2ccccc2N2C(=O)CC[C@@]12C(=O)OCC(=O)C(C)(C)C. The number of anilines is 1. The van der Waals surface area contributed by atoms with Gasteiger partial charge in [-0.25, -0.2) is 4.79 Å². The fourth-order valence-corrected chi connectivity index (χ4v) is 3.83. The third-order valence-corrected chi connectivity index (χ3v) is 5.42. The molecule has 1 fully saturated rings. The summed E-state index contributed by atoms with van der Waals surface area (Å²) in [4.78, 5) is 54.7. The first-order valence-corrected chi connectivity index (χ1v) is 9.94. The first-order valence-electron chi connectivity index (χ1n) is 9.94. The number of benzene rings is 1. The zero-order chi connectivity index (χ0) is 21.6. The van der Waals surface area contributed by atoms with Crippen molar-refractivity contribution in [3.8, 4) is 0 Å². The number of carbonyl (C=O) groups is 4. The number of carbonyl (C=O) groups excluding carboxylic acids is 4. The minimum absolute atomic E-state index is 0.0719. The van der Waals surface area contributed by atoms with Crippen LogP contribution in [0.2, 0.25) is 0 Å². The summed E-state index contributed by atoms with van der Waals surface area (Å²) in [5.41, 5.74) is -1.41. The quantitative estimate of drug-likeness (QED) is 0.710. The number of ether oxygens (including phenoxy) is 1. The van der Waals surface area contributed by atoms with Crippen LogP contribution in [-0.4, -0.2) is 47.3 Å². The highest BCUT2D eigenvalue weighted by Crippen LogP contribution is 2.45. The van der Waals surface area contributed by atoms with Crippen LogP contribution in [0.5, 0.6) is 0 Å². The highest BCUT2D eigenvalue weighted by atomic mass is 16.5. The Bertz CT molecular complexity index is 870. The molecule has 7 nitrogen and oxygen atoms in total. The zero-order valence-electron chi connectivity index (χ0n) is 17.7. The van der Waals surface area contributed by atoms with E-state index < -0.39 is 23.7 Å². The minimum atomic E-state index is -1.55. The van der Waals surface area contributed by atoms with Crippen LogP contribution in [0.15, 0.2) is 24.3 Å². The van der Waals surface area contributed by atoms with E-state index in [2.05, 4.69) is 0 Å². The summed E-state index contributed by atoms with van der Waals surface area (Å²) in [7, 11) is 0. The number of amides is 2. The van der Waals surface area contributed by atoms with Gasteiger partial charge in [0.2, 0.25) is 11.6 Å². The molecular weight excluding hydrogens is 372 g/mol. The van der Waals surface area contributed by atoms with Crippen molar-refractivity contribution in [2.45, 2.75) is 53.1 Å². The van der Waals surface area contributed by atoms with Gasteiger partial charge in [-0.2, -0.15) is 0 Å². The normalized spacial score (nSPS) is 21.3. The Hall–Kier alpha value is -2.70. The van der Waals surface area contributed by atoms with Crippen LogP contribution in [0, 0.1) is 11.3 Å². The molecule has 1 aromatic rings. The van der Waals surface area contributed by atoms with E-state index in [0.29, 0.717) is 17.8 Å². The fourth-order valence-electron chi connectivity index (χ4n) is 3.83. The van der Waals surface area contributed by atoms with Gasteiger partial charge in [-0.3, -0.25) is 19.3 Å². The van der Waals surface area contributed by atoms with Gasteiger partial charge in [0.05, 0.1) is 11.3 Å². The number of fused-ring (bicyclic) bond motifs is 3. The number of rotatable bonds is 5. The second kappa shape index (κ2) is 7.28. The van der Waals surface area contributed by atoms with Crippen LogP contribution in [0.1, 0.15) is 57.8 Å². The number of para-hydroxylation sites is 1. The Kier molecular flexibility index (Phi) is 5.28. The van der Waals surface area contributed by atoms with Crippen molar-refractivity contribution >= 4 is 29.3 Å². The number of hydrogen-bond donors (Lipinski definition) is 0. The van der Waals surface area contributed by atoms with Crippen LogP contribution in [-0.2, 0) is 19.1 Å². The summed E-state index contributed by atoms with van der Waals surface area (Å²) in [6.07, 6.45) is 0.264. The van der Waals surface area contributed by atoms with E-state index in [0.717, 1.165) is 0 Å². The third-order valence-electron chi connectivity index (χ3n) is 5.42. The lowest BCUT2D eigenvalue weighted by Crippen LogP contribution is -2.69. The molecule has 0 spiro atoms. The Morgan fingerprint density at radius 1 is 1.17 bits per heavy atom. The summed E-state index contributed by atoms with van der Waals surface area (Å²) in [5.74, 6) is -1.43. The summed E-state index contributed by atoms with van der Waals surface area (Å²) in [6.45, 7) is 9.03. The number of nitrogens with zero attached hydrogens (tertiary/aromatic N) is 2. The van der Waals surface area contributed by atoms with Crippen LogP contribution in [0.3, 0.4) is 0 Å². The summed E-state index contributed by atoms with van der Waals surface area (Å²) in [6, 6.07) is 6.80. The molecule has 7 heteroatoms. The van der Waals surface area contributed by atoms with Gasteiger partial charge < -0.3 is 9.64 Å². The molecule has 0 aliphatic carbocycles.